The quantitative estimate of drug-likeness (QED) is 0.699. The van der Waals surface area contributed by atoms with Gasteiger partial charge < -0.3 is 15.2 Å². The van der Waals surface area contributed by atoms with Crippen molar-refractivity contribution in [3.63, 3.8) is 0 Å². The molecule has 4 nitrogen and oxygen atoms in total. The average molecular weight is 239 g/mol. The summed E-state index contributed by atoms with van der Waals surface area (Å²) in [5.41, 5.74) is -0.292. The Labute approximate surface area is 102 Å². The van der Waals surface area contributed by atoms with E-state index in [1.54, 1.807) is 7.11 Å². The molecule has 0 aromatic heterocycles. The van der Waals surface area contributed by atoms with E-state index in [0.717, 1.165) is 25.7 Å². The van der Waals surface area contributed by atoms with E-state index < -0.39 is 0 Å². The summed E-state index contributed by atoms with van der Waals surface area (Å²) in [6, 6.07) is 0.0778. The summed E-state index contributed by atoms with van der Waals surface area (Å²) in [7, 11) is 1.64. The highest BCUT2D eigenvalue weighted by Crippen LogP contribution is 2.41. The number of aliphatic hydroxyl groups excluding tert-OH is 1. The number of amides is 1. The molecule has 0 aromatic carbocycles. The van der Waals surface area contributed by atoms with Crippen LogP contribution in [0, 0.1) is 11.3 Å². The molecule has 2 atom stereocenters. The van der Waals surface area contributed by atoms with Gasteiger partial charge in [0.2, 0.25) is 5.91 Å². The smallest absolute Gasteiger partial charge is 0.229 e. The van der Waals surface area contributed by atoms with Crippen molar-refractivity contribution in [2.45, 2.75) is 31.7 Å². The Morgan fingerprint density at radius 2 is 2.29 bits per heavy atom. The monoisotopic (exact) mass is 239 g/mol. The van der Waals surface area contributed by atoms with E-state index in [1.807, 2.05) is 12.2 Å². The first kappa shape index (κ1) is 12.6. The number of ether oxygens (including phenoxy) is 1. The zero-order valence-electron chi connectivity index (χ0n) is 10.3. The maximum atomic E-state index is 12.2. The van der Waals surface area contributed by atoms with Crippen molar-refractivity contribution in [1.29, 1.82) is 0 Å². The van der Waals surface area contributed by atoms with Crippen molar-refractivity contribution in [2.24, 2.45) is 11.3 Å². The first-order valence-electron chi connectivity index (χ1n) is 6.29. The van der Waals surface area contributed by atoms with Gasteiger partial charge >= 0.3 is 0 Å². The first-order valence-corrected chi connectivity index (χ1v) is 6.29. The van der Waals surface area contributed by atoms with Gasteiger partial charge in [-0.15, -0.1) is 0 Å². The third-order valence-corrected chi connectivity index (χ3v) is 3.94. The minimum Gasteiger partial charge on any atom is -0.396 e. The van der Waals surface area contributed by atoms with Gasteiger partial charge in [-0.1, -0.05) is 18.6 Å². The molecule has 0 unspecified atom stereocenters. The number of aliphatic hydroxyl groups is 1. The van der Waals surface area contributed by atoms with Gasteiger partial charge in [-0.2, -0.15) is 0 Å². The Kier molecular flexibility index (Phi) is 3.84. The van der Waals surface area contributed by atoms with Gasteiger partial charge in [-0.3, -0.25) is 4.79 Å². The molecular weight excluding hydrogens is 218 g/mol. The highest BCUT2D eigenvalue weighted by molar-refractivity contribution is 5.84. The van der Waals surface area contributed by atoms with Crippen LogP contribution in [0.5, 0.6) is 0 Å². The number of carbonyl (C=O) groups excluding carboxylic acids is 1. The first-order chi connectivity index (χ1) is 8.20. The van der Waals surface area contributed by atoms with Gasteiger partial charge in [-0.25, -0.2) is 0 Å². The van der Waals surface area contributed by atoms with E-state index in [1.165, 1.54) is 0 Å². The number of rotatable bonds is 5. The van der Waals surface area contributed by atoms with Crippen LogP contribution < -0.4 is 5.32 Å². The summed E-state index contributed by atoms with van der Waals surface area (Å²) >= 11 is 0. The van der Waals surface area contributed by atoms with Crippen LogP contribution >= 0.6 is 0 Å². The van der Waals surface area contributed by atoms with Gasteiger partial charge in [0.05, 0.1) is 12.0 Å². The molecule has 2 N–H and O–H groups in total. The van der Waals surface area contributed by atoms with Crippen molar-refractivity contribution >= 4 is 5.91 Å². The molecule has 0 aliphatic heterocycles. The minimum absolute atomic E-state index is 0.0778. The molecular formula is C13H21NO3. The van der Waals surface area contributed by atoms with Gasteiger partial charge in [0.25, 0.3) is 0 Å². The molecule has 0 spiro atoms. The second-order valence-corrected chi connectivity index (χ2v) is 5.21. The van der Waals surface area contributed by atoms with E-state index in [2.05, 4.69) is 5.32 Å². The molecule has 17 heavy (non-hydrogen) atoms. The maximum absolute atomic E-state index is 12.2. The molecule has 2 rings (SSSR count). The Balaban J connectivity index is 1.87. The fraction of sp³-hybridized carbons (Fsp3) is 0.769. The average Bonchev–Trinajstić information content (AvgIpc) is 2.71. The SMILES string of the molecule is COCC1(C(=O)N[C@@H]2C=C[C@H](CO)C2)CCC1. The Hall–Kier alpha value is -0.870. The van der Waals surface area contributed by atoms with Crippen LogP contribution in [-0.4, -0.2) is 37.4 Å². The Morgan fingerprint density at radius 1 is 1.53 bits per heavy atom. The molecule has 96 valence electrons. The van der Waals surface area contributed by atoms with Crippen LogP contribution in [0.15, 0.2) is 12.2 Å². The topological polar surface area (TPSA) is 58.6 Å². The van der Waals surface area contributed by atoms with Crippen molar-refractivity contribution in [3.05, 3.63) is 12.2 Å². The van der Waals surface area contributed by atoms with Crippen molar-refractivity contribution in [2.75, 3.05) is 20.3 Å². The van der Waals surface area contributed by atoms with Crippen molar-refractivity contribution in [1.82, 2.24) is 5.32 Å². The molecule has 0 aromatic rings. The zero-order valence-corrected chi connectivity index (χ0v) is 10.3. The number of hydrogen-bond donors (Lipinski definition) is 2. The maximum Gasteiger partial charge on any atom is 0.229 e. The molecule has 2 aliphatic rings. The van der Waals surface area contributed by atoms with E-state index >= 15 is 0 Å². The molecule has 1 saturated carbocycles. The highest BCUT2D eigenvalue weighted by Gasteiger charge is 2.44. The van der Waals surface area contributed by atoms with Gasteiger partial charge in [0.1, 0.15) is 0 Å². The van der Waals surface area contributed by atoms with Gasteiger partial charge in [0, 0.05) is 25.7 Å². The number of nitrogens with one attached hydrogen (secondary N) is 1. The minimum atomic E-state index is -0.292. The highest BCUT2D eigenvalue weighted by atomic mass is 16.5. The fourth-order valence-electron chi connectivity index (χ4n) is 2.66. The predicted molar refractivity (Wildman–Crippen MR) is 64.4 cm³/mol. The predicted octanol–water partition coefficient (Wildman–Crippen LogP) is 0.856. The summed E-state index contributed by atoms with van der Waals surface area (Å²) in [5, 5.41) is 12.1. The van der Waals surface area contributed by atoms with Crippen LogP contribution in [0.25, 0.3) is 0 Å². The fourth-order valence-corrected chi connectivity index (χ4v) is 2.66. The molecule has 0 saturated heterocycles. The van der Waals surface area contributed by atoms with Crippen LogP contribution in [0.4, 0.5) is 0 Å². The van der Waals surface area contributed by atoms with E-state index in [4.69, 9.17) is 9.84 Å². The third-order valence-electron chi connectivity index (χ3n) is 3.94. The van der Waals surface area contributed by atoms with Crippen LogP contribution in [0.3, 0.4) is 0 Å². The lowest BCUT2D eigenvalue weighted by atomic mass is 9.68. The van der Waals surface area contributed by atoms with E-state index in [9.17, 15) is 4.79 Å². The molecule has 0 radical (unpaired) electrons. The summed E-state index contributed by atoms with van der Waals surface area (Å²) in [6.07, 6.45) is 7.73. The molecule has 2 aliphatic carbocycles. The normalized spacial score (nSPS) is 30.0. The van der Waals surface area contributed by atoms with Gasteiger partial charge in [-0.05, 0) is 19.3 Å². The second-order valence-electron chi connectivity index (χ2n) is 5.21. The summed E-state index contributed by atoms with van der Waals surface area (Å²) < 4.78 is 5.16. The molecule has 0 bridgehead atoms. The third kappa shape index (κ3) is 2.53. The van der Waals surface area contributed by atoms with Crippen molar-refractivity contribution in [3.8, 4) is 0 Å². The molecule has 1 fully saturated rings. The number of hydrogen-bond acceptors (Lipinski definition) is 3. The molecule has 0 heterocycles. The van der Waals surface area contributed by atoms with Crippen LogP contribution in [-0.2, 0) is 9.53 Å². The lowest BCUT2D eigenvalue weighted by molar-refractivity contribution is -0.141. The van der Waals surface area contributed by atoms with Crippen LogP contribution in [0.2, 0.25) is 0 Å². The number of carbonyl (C=O) groups is 1. The Morgan fingerprint density at radius 3 is 2.76 bits per heavy atom. The lowest BCUT2D eigenvalue weighted by Crippen LogP contribution is -2.50. The summed E-state index contributed by atoms with van der Waals surface area (Å²) in [5.74, 6) is 0.305. The molecule has 1 amide bonds. The zero-order chi connectivity index (χ0) is 12.3. The molecule has 4 heteroatoms. The van der Waals surface area contributed by atoms with E-state index in [0.29, 0.717) is 6.61 Å². The van der Waals surface area contributed by atoms with Crippen molar-refractivity contribution < 1.29 is 14.6 Å². The lowest BCUT2D eigenvalue weighted by Gasteiger charge is -2.40. The standard InChI is InChI=1S/C13H21NO3/c1-17-9-13(5-2-6-13)12(16)14-11-4-3-10(7-11)8-15/h3-4,10-11,15H,2,5-9H2,1H3,(H,14,16)/t10-,11+/m0/s1. The summed E-state index contributed by atoms with van der Waals surface area (Å²) in [4.78, 5) is 12.2. The second kappa shape index (κ2) is 5.19. The number of methoxy groups -OCH3 is 1. The largest absolute Gasteiger partial charge is 0.396 e. The van der Waals surface area contributed by atoms with Crippen LogP contribution in [0.1, 0.15) is 25.7 Å². The van der Waals surface area contributed by atoms with Gasteiger partial charge in [0.15, 0.2) is 0 Å². The van der Waals surface area contributed by atoms with E-state index in [-0.39, 0.29) is 29.9 Å². The Bertz CT molecular complexity index is 310. The summed E-state index contributed by atoms with van der Waals surface area (Å²) in [6.45, 7) is 0.671.